The monoisotopic (exact) mass is 421 g/mol. The van der Waals surface area contributed by atoms with Gasteiger partial charge in [-0.2, -0.15) is 77.9 Å². The van der Waals surface area contributed by atoms with Gasteiger partial charge in [-0.1, -0.05) is 44.2 Å². The Labute approximate surface area is 191 Å². The Balaban J connectivity index is 0.000000399. The maximum atomic E-state index is 3.31. The van der Waals surface area contributed by atoms with Crippen LogP contribution >= 0.6 is 12.4 Å². The Bertz CT molecular complexity index is 756. The molecule has 3 aromatic carbocycles. The molecule has 4 rings (SSSR count). The van der Waals surface area contributed by atoms with Crippen molar-refractivity contribution in [3.8, 4) is 0 Å². The number of aryl methyl sites for hydroxylation is 2. The molecule has 0 aliphatic heterocycles. The summed E-state index contributed by atoms with van der Waals surface area (Å²) in [6.45, 7) is 4.10. The number of hydrogen-bond acceptors (Lipinski definition) is 0. The molecule has 0 saturated carbocycles. The molecule has 0 fully saturated rings. The summed E-state index contributed by atoms with van der Waals surface area (Å²) in [4.78, 5) is 0. The zero-order chi connectivity index (χ0) is 18.5. The van der Waals surface area contributed by atoms with E-state index in [2.05, 4.69) is 80.6 Å². The topological polar surface area (TPSA) is 0 Å². The average molecular weight is 422 g/mol. The van der Waals surface area contributed by atoms with Crippen molar-refractivity contribution < 1.29 is 21.7 Å². The van der Waals surface area contributed by atoms with Crippen LogP contribution < -0.4 is 0 Å². The molecule has 1 aliphatic carbocycles. The third kappa shape index (κ3) is 11.8. The minimum absolute atomic E-state index is 0. The first-order valence-electron chi connectivity index (χ1n) is 8.89. The van der Waals surface area contributed by atoms with Crippen molar-refractivity contribution in [3.63, 3.8) is 0 Å². The first-order valence-corrected chi connectivity index (χ1v) is 8.89. The van der Waals surface area contributed by atoms with Gasteiger partial charge >= 0.3 is 21.7 Å². The maximum Gasteiger partial charge on any atom is 3.00 e. The van der Waals surface area contributed by atoms with Gasteiger partial charge in [0.25, 0.3) is 0 Å². The number of hydrogen-bond donors (Lipinski definition) is 0. The van der Waals surface area contributed by atoms with E-state index in [1.807, 2.05) is 42.5 Å². The van der Waals surface area contributed by atoms with Gasteiger partial charge in [-0.3, -0.25) is 6.08 Å². The van der Waals surface area contributed by atoms with E-state index >= 15 is 0 Å². The predicted octanol–water partition coefficient (Wildman–Crippen LogP) is 6.93. The number of allylic oxidation sites excluding steroid dienone is 4. The summed E-state index contributed by atoms with van der Waals surface area (Å²) < 4.78 is 0. The molecule has 0 N–H and O–H groups in total. The summed E-state index contributed by atoms with van der Waals surface area (Å²) in [6.07, 6.45) is 9.63. The van der Waals surface area contributed by atoms with E-state index in [1.165, 1.54) is 22.3 Å². The van der Waals surface area contributed by atoms with Gasteiger partial charge in [0.1, 0.15) is 0 Å². The Kier molecular flexibility index (Phi) is 15.1. The van der Waals surface area contributed by atoms with Crippen LogP contribution in [0.2, 0.25) is 0 Å². The Morgan fingerprint density at radius 2 is 1.36 bits per heavy atom. The summed E-state index contributed by atoms with van der Waals surface area (Å²) in [5, 5.41) is 0. The van der Waals surface area contributed by atoms with Crippen LogP contribution in [0, 0.1) is 32.1 Å². The molecule has 1 radical (unpaired) electrons. The van der Waals surface area contributed by atoms with Gasteiger partial charge in [-0.25, -0.2) is 11.6 Å². The van der Waals surface area contributed by atoms with Crippen LogP contribution in [0.3, 0.4) is 0 Å². The van der Waals surface area contributed by atoms with Crippen LogP contribution in [-0.2, 0) is 28.1 Å². The van der Waals surface area contributed by atoms with Gasteiger partial charge in [0, 0.05) is 0 Å². The molecule has 0 nitrogen and oxygen atoms in total. The number of rotatable bonds is 2. The van der Waals surface area contributed by atoms with Gasteiger partial charge in [-0.05, 0) is 12.0 Å². The Morgan fingerprint density at radius 3 is 1.71 bits per heavy atom. The molecule has 0 bridgehead atoms. The van der Waals surface area contributed by atoms with Crippen molar-refractivity contribution in [2.75, 3.05) is 0 Å². The fourth-order valence-corrected chi connectivity index (χ4v) is 2.35. The summed E-state index contributed by atoms with van der Waals surface area (Å²) in [6, 6.07) is 32.2. The molecule has 141 valence electrons. The zero-order valence-electron chi connectivity index (χ0n) is 16.5. The predicted molar refractivity (Wildman–Crippen MR) is 118 cm³/mol. The van der Waals surface area contributed by atoms with Gasteiger partial charge in [0.2, 0.25) is 0 Å². The molecule has 3 aromatic rings. The molecule has 28 heavy (non-hydrogen) atoms. The third-order valence-corrected chi connectivity index (χ3v) is 3.73. The van der Waals surface area contributed by atoms with E-state index in [-0.39, 0.29) is 34.1 Å². The number of benzene rings is 3. The summed E-state index contributed by atoms with van der Waals surface area (Å²) in [5.74, 6) is 0. The van der Waals surface area contributed by atoms with Gasteiger partial charge in [0.05, 0.1) is 0 Å². The Hall–Kier alpha value is -1.86. The van der Waals surface area contributed by atoms with E-state index in [1.54, 1.807) is 0 Å². The third-order valence-electron chi connectivity index (χ3n) is 3.73. The van der Waals surface area contributed by atoms with Crippen molar-refractivity contribution in [1.29, 1.82) is 0 Å². The fraction of sp³-hybridized carbons (Fsp3) is 0.154. The second-order valence-electron chi connectivity index (χ2n) is 6.13. The largest absolute Gasteiger partial charge is 3.00 e. The van der Waals surface area contributed by atoms with Gasteiger partial charge in [-0.15, -0.1) is 18.8 Å². The molecule has 0 saturated heterocycles. The van der Waals surface area contributed by atoms with Gasteiger partial charge in [0.15, 0.2) is 0 Å². The van der Waals surface area contributed by atoms with E-state index in [0.29, 0.717) is 0 Å². The van der Waals surface area contributed by atoms with Crippen LogP contribution in [0.25, 0.3) is 0 Å². The van der Waals surface area contributed by atoms with Crippen molar-refractivity contribution in [2.24, 2.45) is 0 Å². The first-order chi connectivity index (χ1) is 12.7. The average Bonchev–Trinajstić information content (AvgIpc) is 3.18. The quantitative estimate of drug-likeness (QED) is 0.311. The number of halogens is 1. The van der Waals surface area contributed by atoms with Gasteiger partial charge < -0.3 is 0 Å². The van der Waals surface area contributed by atoms with Crippen molar-refractivity contribution >= 4 is 12.4 Å². The zero-order valence-corrected chi connectivity index (χ0v) is 18.9. The van der Waals surface area contributed by atoms with E-state index in [9.17, 15) is 0 Å². The molecule has 0 atom stereocenters. The van der Waals surface area contributed by atoms with Crippen molar-refractivity contribution in [2.45, 2.75) is 26.7 Å². The fourth-order valence-electron chi connectivity index (χ4n) is 2.35. The van der Waals surface area contributed by atoms with E-state index in [0.717, 1.165) is 12.8 Å². The van der Waals surface area contributed by atoms with Crippen LogP contribution in [0.15, 0.2) is 96.6 Å². The van der Waals surface area contributed by atoms with Crippen LogP contribution in [0.4, 0.5) is 0 Å². The normalized spacial score (nSPS) is 10.7. The van der Waals surface area contributed by atoms with Crippen LogP contribution in [0.1, 0.15) is 23.1 Å². The molecule has 0 unspecified atom stereocenters. The van der Waals surface area contributed by atoms with Crippen molar-refractivity contribution in [1.82, 2.24) is 0 Å². The summed E-state index contributed by atoms with van der Waals surface area (Å²) in [7, 11) is 0. The standard InChI is InChI=1S/C12H11.2C7H7.ClH.Ti/c1-2-6-11(7-3-1)10-12-8-4-5-9-12;2*1-7-5-3-2-4-6-7;;/h1-4,6-8H,5,10H2;2*2-3,5-6H,1H3;1H;/q3*-1;;+3. The molecule has 0 aromatic heterocycles. The summed E-state index contributed by atoms with van der Waals surface area (Å²) in [5.41, 5.74) is 5.22. The SMILES string of the molecule is Cc1c[c-]ccc1.Cc1c[c-]ccc1.Cl.[C-]1=C(Cc2ccccc2)C=CC1.[Ti+3]. The minimum Gasteiger partial charge on any atom is -0.269 e. The van der Waals surface area contributed by atoms with Crippen molar-refractivity contribution in [3.05, 3.63) is 131 Å². The molecule has 0 heterocycles. The molecule has 1 aliphatic rings. The summed E-state index contributed by atoms with van der Waals surface area (Å²) >= 11 is 0. The smallest absolute Gasteiger partial charge is 0.269 e. The maximum absolute atomic E-state index is 3.31. The second kappa shape index (κ2) is 16.1. The van der Waals surface area contributed by atoms with E-state index in [4.69, 9.17) is 0 Å². The second-order valence-corrected chi connectivity index (χ2v) is 6.13. The molecule has 0 spiro atoms. The molecule has 0 amide bonds. The van der Waals surface area contributed by atoms with E-state index < -0.39 is 0 Å². The molecule has 2 heteroatoms. The first kappa shape index (κ1) is 26.1. The van der Waals surface area contributed by atoms with Crippen LogP contribution in [0.5, 0.6) is 0 Å². The minimum atomic E-state index is 0. The Morgan fingerprint density at radius 1 is 0.786 bits per heavy atom. The molecular formula is C26H26ClTi. The molecular weight excluding hydrogens is 396 g/mol. The van der Waals surface area contributed by atoms with Crippen LogP contribution in [-0.4, -0.2) is 0 Å².